The van der Waals surface area contributed by atoms with E-state index in [0.717, 1.165) is 7.11 Å². The first-order valence-corrected chi connectivity index (χ1v) is 16.3. The van der Waals surface area contributed by atoms with Gasteiger partial charge in [-0.2, -0.15) is 15.8 Å². The Hall–Kier alpha value is -3.95. The van der Waals surface area contributed by atoms with Gasteiger partial charge in [0.05, 0.1) is 67.6 Å². The van der Waals surface area contributed by atoms with Gasteiger partial charge < -0.3 is 24.4 Å². The molecule has 0 amide bonds. The lowest BCUT2D eigenvalue weighted by Gasteiger charge is -2.03. The maximum Gasteiger partial charge on any atom is 0.306 e. The Morgan fingerprint density at radius 1 is 0.566 bits per heavy atom. The Labute approximate surface area is 355 Å². The number of rotatable bonds is 12. The minimum Gasteiger partial charge on any atom is -0.493 e. The number of halogens is 3. The highest BCUT2D eigenvalue weighted by Gasteiger charge is 2.00. The lowest BCUT2D eigenvalue weighted by molar-refractivity contribution is -0.137. The van der Waals surface area contributed by atoms with Crippen LogP contribution >= 0.6 is 59.6 Å². The lowest BCUT2D eigenvalue weighted by atomic mass is 10.2. The Balaban J connectivity index is -0.000000106. The largest absolute Gasteiger partial charge is 0.493 e. The normalized spacial score (nSPS) is 7.68. The zero-order valence-electron chi connectivity index (χ0n) is 31.1. The molecule has 0 radical (unpaired) electrons. The number of benzene rings is 3. The van der Waals surface area contributed by atoms with E-state index in [9.17, 15) is 14.4 Å². The molecule has 3 aromatic carbocycles. The first-order chi connectivity index (χ1) is 24.2. The second-order valence-corrected chi connectivity index (χ2v) is 8.58. The van der Waals surface area contributed by atoms with E-state index >= 15 is 0 Å². The minimum absolute atomic E-state index is 0. The molecule has 11 nitrogen and oxygen atoms in total. The highest BCUT2D eigenvalue weighted by molar-refractivity contribution is 14.0. The molecule has 0 aliphatic heterocycles. The summed E-state index contributed by atoms with van der Waals surface area (Å²) in [5.41, 5.74) is 1.73. The number of ketones is 1. The van der Waals surface area contributed by atoms with Gasteiger partial charge in [0, 0.05) is 13.5 Å². The van der Waals surface area contributed by atoms with Crippen molar-refractivity contribution in [1.82, 2.24) is 0 Å². The van der Waals surface area contributed by atoms with E-state index in [-0.39, 0.29) is 87.2 Å². The summed E-state index contributed by atoms with van der Waals surface area (Å²) in [5, 5.41) is 40.5. The van der Waals surface area contributed by atoms with Crippen molar-refractivity contribution in [2.24, 2.45) is 0 Å². The molecule has 3 aromatic rings. The second kappa shape index (κ2) is 48.0. The van der Waals surface area contributed by atoms with Crippen LogP contribution in [0.5, 0.6) is 17.2 Å². The molecule has 2 N–H and O–H groups in total. The average molecular weight is 984 g/mol. The Morgan fingerprint density at radius 3 is 1.02 bits per heavy atom. The van der Waals surface area contributed by atoms with Crippen LogP contribution < -0.4 is 14.2 Å². The smallest absolute Gasteiger partial charge is 0.306 e. The molecule has 0 fully saturated rings. The van der Waals surface area contributed by atoms with Crippen molar-refractivity contribution in [3.63, 3.8) is 0 Å². The molecule has 0 aromatic heterocycles. The van der Waals surface area contributed by atoms with Crippen molar-refractivity contribution in [1.29, 1.82) is 15.8 Å². The van der Waals surface area contributed by atoms with Gasteiger partial charge in [0.25, 0.3) is 0 Å². The molecular weight excluding hydrogens is 928 g/mol. The summed E-state index contributed by atoms with van der Waals surface area (Å²) in [6.45, 7) is 14.3. The fourth-order valence-corrected chi connectivity index (χ4v) is 2.77. The highest BCUT2D eigenvalue weighted by Crippen LogP contribution is 2.13. The molecule has 0 aliphatic rings. The molecule has 3 rings (SSSR count). The molecule has 0 bridgehead atoms. The monoisotopic (exact) mass is 983 g/mol. The number of hydrogen-bond donors (Lipinski definition) is 2. The van der Waals surface area contributed by atoms with Gasteiger partial charge in [-0.3, -0.25) is 14.4 Å². The van der Waals surface area contributed by atoms with Crippen LogP contribution in [0.3, 0.4) is 0 Å². The summed E-state index contributed by atoms with van der Waals surface area (Å²) in [6, 6.07) is 26.0. The minimum atomic E-state index is -0.890. The molecule has 0 atom stereocenters. The summed E-state index contributed by atoms with van der Waals surface area (Å²) >= 11 is 5.13. The standard InChI is InChI=1S/C11H11NO2.C10H8ClNO2.C10H9NO3.3C2H6.CH4O.CH4.2HI/c1-9(13)6-7-14-11-4-2-10(8-12)3-5-11;11-10(13)5-6-14-9-3-1-8(7-12)2-4-9;11-7-8-1-3-9(4-2-8)14-6-5-10(12)13;4*1-2;;;/h2-5H,6-7H2,1H3;1-4H,5-6H2;1-4H,5-6H2,(H,12,13);3*1-2H3;2H,1H3;1H4;2*1H. The van der Waals surface area contributed by atoms with Gasteiger partial charge in [-0.05, 0) is 91.3 Å². The number of aliphatic hydroxyl groups is 1. The van der Waals surface area contributed by atoms with E-state index in [1.54, 1.807) is 72.8 Å². The number of hydrogen-bond acceptors (Lipinski definition) is 10. The van der Waals surface area contributed by atoms with Crippen LogP contribution in [0.1, 0.15) is 91.8 Å². The van der Waals surface area contributed by atoms with E-state index in [4.69, 9.17) is 51.8 Å². The van der Waals surface area contributed by atoms with Crippen LogP contribution in [-0.4, -0.2) is 54.1 Å². The quantitative estimate of drug-likeness (QED) is 0.130. The average Bonchev–Trinajstić information content (AvgIpc) is 3.16. The molecule has 53 heavy (non-hydrogen) atoms. The van der Waals surface area contributed by atoms with Crippen LogP contribution in [0.2, 0.25) is 0 Å². The van der Waals surface area contributed by atoms with Crippen LogP contribution in [0.25, 0.3) is 0 Å². The highest BCUT2D eigenvalue weighted by atomic mass is 127. The third-order valence-corrected chi connectivity index (χ3v) is 5.01. The van der Waals surface area contributed by atoms with Crippen molar-refractivity contribution < 1.29 is 38.8 Å². The Morgan fingerprint density at radius 2 is 0.811 bits per heavy atom. The summed E-state index contributed by atoms with van der Waals surface area (Å²) < 4.78 is 15.6. The number of carbonyl (C=O) groups is 3. The first-order valence-electron chi connectivity index (χ1n) is 15.9. The zero-order chi connectivity index (χ0) is 39.2. The fraction of sp³-hybridized carbons (Fsp3) is 0.385. The predicted octanol–water partition coefficient (Wildman–Crippen LogP) is 9.98. The molecule has 0 saturated carbocycles. The molecule has 296 valence electrons. The Bertz CT molecular complexity index is 1250. The SMILES string of the molecule is C.CC.CC.CC.CC(=O)CCOc1ccc(C#N)cc1.CO.I.I.N#Cc1ccc(OCCC(=O)Cl)cc1.N#Cc1ccc(OCCC(=O)O)cc1. The maximum atomic E-state index is 10.6. The van der Waals surface area contributed by atoms with Gasteiger partial charge >= 0.3 is 5.97 Å². The molecular formula is C39H56ClI2N3O8. The number of carbonyl (C=O) groups excluding carboxylic acids is 2. The van der Waals surface area contributed by atoms with Gasteiger partial charge in [0.15, 0.2) is 0 Å². The van der Waals surface area contributed by atoms with E-state index < -0.39 is 11.2 Å². The summed E-state index contributed by atoms with van der Waals surface area (Å²) in [6.07, 6.45) is 0.571. The van der Waals surface area contributed by atoms with Crippen LogP contribution in [0.15, 0.2) is 72.8 Å². The van der Waals surface area contributed by atoms with E-state index in [1.807, 2.05) is 59.8 Å². The summed E-state index contributed by atoms with van der Waals surface area (Å²) in [7, 11) is 1.00. The van der Waals surface area contributed by atoms with Gasteiger partial charge in [0.2, 0.25) is 5.24 Å². The molecule has 0 unspecified atom stereocenters. The number of Topliss-reactive ketones (excluding diaryl/α,β-unsaturated/α-hetero) is 1. The molecule has 0 heterocycles. The number of aliphatic hydroxyl groups excluding tert-OH is 1. The summed E-state index contributed by atoms with van der Waals surface area (Å²) in [5.74, 6) is 1.11. The van der Waals surface area contributed by atoms with Crippen LogP contribution in [0, 0.1) is 34.0 Å². The number of nitriles is 3. The number of nitrogens with zero attached hydrogens (tertiary/aromatic N) is 3. The third-order valence-electron chi connectivity index (χ3n) is 4.83. The topological polar surface area (TPSA) is 191 Å². The fourth-order valence-electron chi connectivity index (χ4n) is 2.70. The molecule has 0 spiro atoms. The van der Waals surface area contributed by atoms with Crippen molar-refractivity contribution in [3.8, 4) is 35.5 Å². The third kappa shape index (κ3) is 40.7. The van der Waals surface area contributed by atoms with Crippen molar-refractivity contribution in [2.75, 3.05) is 26.9 Å². The number of aliphatic carboxylic acids is 1. The molecule has 0 saturated heterocycles. The first kappa shape index (κ1) is 64.0. The number of carboxylic acids is 1. The van der Waals surface area contributed by atoms with Crippen LogP contribution in [0.4, 0.5) is 0 Å². The van der Waals surface area contributed by atoms with E-state index in [0.29, 0.717) is 47.0 Å². The number of ether oxygens (including phenoxy) is 3. The van der Waals surface area contributed by atoms with Crippen LogP contribution in [-0.2, 0) is 14.4 Å². The lowest BCUT2D eigenvalue weighted by Crippen LogP contribution is -2.04. The summed E-state index contributed by atoms with van der Waals surface area (Å²) in [4.78, 5) is 31.2. The van der Waals surface area contributed by atoms with E-state index in [2.05, 4.69) is 0 Å². The maximum absolute atomic E-state index is 10.6. The van der Waals surface area contributed by atoms with Crippen molar-refractivity contribution in [2.45, 2.75) is 75.2 Å². The van der Waals surface area contributed by atoms with Crippen molar-refractivity contribution in [3.05, 3.63) is 89.5 Å². The van der Waals surface area contributed by atoms with E-state index in [1.165, 1.54) is 6.92 Å². The number of carboxylic acid groups (broad SMARTS) is 1. The second-order valence-electron chi connectivity index (χ2n) is 8.15. The molecule has 0 aliphatic carbocycles. The molecule has 14 heteroatoms. The van der Waals surface area contributed by atoms with Gasteiger partial charge in [0.1, 0.15) is 23.0 Å². The van der Waals surface area contributed by atoms with Crippen molar-refractivity contribution >= 4 is 76.5 Å². The zero-order valence-corrected chi connectivity index (χ0v) is 36.5. The van der Waals surface area contributed by atoms with Gasteiger partial charge in [-0.15, -0.1) is 48.0 Å². The Kier molecular flexibility index (Phi) is 58.1. The predicted molar refractivity (Wildman–Crippen MR) is 233 cm³/mol. The van der Waals surface area contributed by atoms with Gasteiger partial charge in [-0.25, -0.2) is 0 Å². The van der Waals surface area contributed by atoms with Gasteiger partial charge in [-0.1, -0.05) is 49.0 Å².